The predicted octanol–water partition coefficient (Wildman–Crippen LogP) is 4.89. The summed E-state index contributed by atoms with van der Waals surface area (Å²) in [4.78, 5) is 13.4. The lowest BCUT2D eigenvalue weighted by molar-refractivity contribution is 0.816. The summed E-state index contributed by atoms with van der Waals surface area (Å²) in [6.07, 6.45) is 0. The standard InChI is InChI=1S/C24H12Cl2N10/c25-20-28-23-34-22(35-24(36(23)32-20)29-21(26)31-35)27-19(30-34)15-9-3-6-12-18(15)33-16-10-4-1-7-13(16)14-8-2-5-11-17(14)33/h1-12H. The molecule has 0 saturated carbocycles. The second-order valence-corrected chi connectivity index (χ2v) is 8.90. The van der Waals surface area contributed by atoms with Crippen LogP contribution in [-0.2, 0) is 0 Å². The molecule has 10 nitrogen and oxygen atoms in total. The van der Waals surface area contributed by atoms with Crippen molar-refractivity contribution in [3.63, 3.8) is 0 Å². The summed E-state index contributed by atoms with van der Waals surface area (Å²) < 4.78 is 6.68. The molecule has 0 unspecified atom stereocenters. The molecule has 0 bridgehead atoms. The number of benzene rings is 3. The highest BCUT2D eigenvalue weighted by atomic mass is 35.5. The van der Waals surface area contributed by atoms with Crippen molar-refractivity contribution in [2.45, 2.75) is 0 Å². The lowest BCUT2D eigenvalue weighted by atomic mass is 10.1. The first kappa shape index (κ1) is 19.7. The number of nitrogens with zero attached hydrogens (tertiary/aromatic N) is 10. The molecule has 0 atom stereocenters. The van der Waals surface area contributed by atoms with E-state index < -0.39 is 0 Å². The Morgan fingerprint density at radius 2 is 1.03 bits per heavy atom. The predicted molar refractivity (Wildman–Crippen MR) is 136 cm³/mol. The van der Waals surface area contributed by atoms with Crippen molar-refractivity contribution in [2.24, 2.45) is 0 Å². The number of hydrogen-bond donors (Lipinski definition) is 0. The topological polar surface area (TPSA) is 95.5 Å². The first-order valence-electron chi connectivity index (χ1n) is 11.0. The highest BCUT2D eigenvalue weighted by Crippen LogP contribution is 2.35. The minimum atomic E-state index is 0.0475. The Bertz CT molecular complexity index is 2020. The molecular formula is C24H12Cl2N10. The second-order valence-electron chi connectivity index (χ2n) is 8.22. The summed E-state index contributed by atoms with van der Waals surface area (Å²) in [6.45, 7) is 0. The van der Waals surface area contributed by atoms with E-state index in [0.717, 1.165) is 22.3 Å². The quantitative estimate of drug-likeness (QED) is 0.328. The summed E-state index contributed by atoms with van der Waals surface area (Å²) in [5.41, 5.74) is 3.95. The highest BCUT2D eigenvalue weighted by Gasteiger charge is 2.22. The maximum absolute atomic E-state index is 6.12. The van der Waals surface area contributed by atoms with Gasteiger partial charge in [-0.15, -0.1) is 15.3 Å². The van der Waals surface area contributed by atoms with Crippen molar-refractivity contribution >= 4 is 62.3 Å². The average Bonchev–Trinajstić information content (AvgIpc) is 3.66. The molecule has 12 heteroatoms. The van der Waals surface area contributed by atoms with Gasteiger partial charge < -0.3 is 4.57 Å². The minimum Gasteiger partial charge on any atom is -0.309 e. The van der Waals surface area contributed by atoms with Gasteiger partial charge in [0.25, 0.3) is 17.3 Å². The van der Waals surface area contributed by atoms with Crippen molar-refractivity contribution in [3.05, 3.63) is 83.4 Å². The Morgan fingerprint density at radius 1 is 0.528 bits per heavy atom. The lowest BCUT2D eigenvalue weighted by Crippen LogP contribution is -2.06. The van der Waals surface area contributed by atoms with E-state index >= 15 is 0 Å². The third kappa shape index (κ3) is 2.56. The number of rotatable bonds is 2. The molecule has 0 radical (unpaired) electrons. The molecule has 0 aliphatic heterocycles. The normalized spacial score (nSPS) is 12.2. The van der Waals surface area contributed by atoms with Gasteiger partial charge in [-0.05, 0) is 47.5 Å². The van der Waals surface area contributed by atoms with Crippen molar-refractivity contribution in [2.75, 3.05) is 0 Å². The van der Waals surface area contributed by atoms with Gasteiger partial charge in [-0.3, -0.25) is 0 Å². The van der Waals surface area contributed by atoms with E-state index in [1.54, 1.807) is 0 Å². The number of aromatic nitrogens is 10. The van der Waals surface area contributed by atoms with Gasteiger partial charge >= 0.3 is 0 Å². The Balaban J connectivity index is 1.47. The van der Waals surface area contributed by atoms with E-state index in [1.165, 1.54) is 24.3 Å². The van der Waals surface area contributed by atoms with Crippen LogP contribution in [0.5, 0.6) is 0 Å². The molecule has 3 aromatic carbocycles. The van der Waals surface area contributed by atoms with Crippen LogP contribution in [-0.4, -0.2) is 48.4 Å². The molecule has 5 aromatic heterocycles. The monoisotopic (exact) mass is 510 g/mol. The molecule has 5 heterocycles. The zero-order valence-corrected chi connectivity index (χ0v) is 19.7. The molecule has 172 valence electrons. The van der Waals surface area contributed by atoms with Crippen LogP contribution in [0.3, 0.4) is 0 Å². The SMILES string of the molecule is Clc1nc2n(n1)c1nc(Cl)nn1c1nc(-c3ccccc3-n3c4ccccc4c4ccccc43)nn21. The first-order valence-corrected chi connectivity index (χ1v) is 11.7. The Hall–Kier alpha value is -4.54. The zero-order valence-electron chi connectivity index (χ0n) is 18.2. The van der Waals surface area contributed by atoms with E-state index in [1.807, 2.05) is 30.3 Å². The number of hydrogen-bond acceptors (Lipinski definition) is 6. The Labute approximate surface area is 211 Å². The summed E-state index contributed by atoms with van der Waals surface area (Å²) in [7, 11) is 0. The van der Waals surface area contributed by atoms with Crippen LogP contribution in [0.2, 0.25) is 10.6 Å². The summed E-state index contributed by atoms with van der Waals surface area (Å²) >= 11 is 12.2. The molecule has 0 aliphatic rings. The molecule has 0 aliphatic carbocycles. The average molecular weight is 511 g/mol. The van der Waals surface area contributed by atoms with Gasteiger partial charge in [-0.2, -0.15) is 28.5 Å². The lowest BCUT2D eigenvalue weighted by Gasteiger charge is -2.11. The van der Waals surface area contributed by atoms with Gasteiger partial charge in [0, 0.05) is 16.3 Å². The van der Waals surface area contributed by atoms with Crippen LogP contribution in [0.4, 0.5) is 0 Å². The van der Waals surface area contributed by atoms with Crippen LogP contribution >= 0.6 is 23.2 Å². The molecule has 36 heavy (non-hydrogen) atoms. The van der Waals surface area contributed by atoms with E-state index in [4.69, 9.17) is 33.3 Å². The van der Waals surface area contributed by atoms with Gasteiger partial charge in [0.2, 0.25) is 10.6 Å². The summed E-state index contributed by atoms with van der Waals surface area (Å²) in [5, 5.41) is 15.7. The van der Waals surface area contributed by atoms with Gasteiger partial charge in [0.05, 0.1) is 16.7 Å². The van der Waals surface area contributed by atoms with E-state index in [2.05, 4.69) is 67.2 Å². The van der Waals surface area contributed by atoms with Crippen LogP contribution in [0.25, 0.3) is 56.2 Å². The molecule has 0 fully saturated rings. The number of para-hydroxylation sites is 3. The highest BCUT2D eigenvalue weighted by molar-refractivity contribution is 6.28. The van der Waals surface area contributed by atoms with Crippen LogP contribution < -0.4 is 0 Å². The smallest absolute Gasteiger partial charge is 0.261 e. The Kier molecular flexibility index (Phi) is 3.84. The third-order valence-corrected chi connectivity index (χ3v) is 6.57. The molecule has 8 aromatic rings. The van der Waals surface area contributed by atoms with Crippen LogP contribution in [0.15, 0.2) is 72.8 Å². The molecular weight excluding hydrogens is 499 g/mol. The first-order chi connectivity index (χ1) is 17.7. The van der Waals surface area contributed by atoms with Gasteiger partial charge in [-0.1, -0.05) is 48.5 Å². The summed E-state index contributed by atoms with van der Waals surface area (Å²) in [6, 6.07) is 24.7. The molecule has 8 rings (SSSR count). The summed E-state index contributed by atoms with van der Waals surface area (Å²) in [5.74, 6) is 1.54. The van der Waals surface area contributed by atoms with E-state index in [9.17, 15) is 0 Å². The van der Waals surface area contributed by atoms with Crippen molar-refractivity contribution in [1.29, 1.82) is 0 Å². The number of fused-ring (bicyclic) bond motifs is 9. The maximum Gasteiger partial charge on any atom is 0.261 e. The minimum absolute atomic E-state index is 0.0475. The molecule has 0 amide bonds. The maximum atomic E-state index is 6.12. The molecule has 0 saturated heterocycles. The zero-order chi connectivity index (χ0) is 24.0. The van der Waals surface area contributed by atoms with Crippen molar-refractivity contribution in [3.8, 4) is 17.1 Å². The van der Waals surface area contributed by atoms with Crippen LogP contribution in [0.1, 0.15) is 0 Å². The van der Waals surface area contributed by atoms with Gasteiger partial charge in [-0.25, -0.2) is 0 Å². The van der Waals surface area contributed by atoms with Gasteiger partial charge in [0.1, 0.15) is 0 Å². The Morgan fingerprint density at radius 3 is 1.67 bits per heavy atom. The largest absolute Gasteiger partial charge is 0.309 e. The molecule has 0 spiro atoms. The fourth-order valence-electron chi connectivity index (χ4n) is 4.83. The van der Waals surface area contributed by atoms with Crippen molar-refractivity contribution in [1.82, 2.24) is 48.4 Å². The number of halogens is 2. The van der Waals surface area contributed by atoms with Crippen molar-refractivity contribution < 1.29 is 0 Å². The fourth-order valence-corrected chi connectivity index (χ4v) is 5.13. The fraction of sp³-hybridized carbons (Fsp3) is 0. The van der Waals surface area contributed by atoms with Crippen LogP contribution in [0, 0.1) is 0 Å². The van der Waals surface area contributed by atoms with Gasteiger partial charge in [0.15, 0.2) is 5.82 Å². The van der Waals surface area contributed by atoms with E-state index in [-0.39, 0.29) is 10.6 Å². The second kappa shape index (κ2) is 7.00. The molecule has 0 N–H and O–H groups in total. The third-order valence-electron chi connectivity index (χ3n) is 6.25. The van der Waals surface area contributed by atoms with E-state index in [0.29, 0.717) is 23.2 Å².